The van der Waals surface area contributed by atoms with Crippen LogP contribution in [0.2, 0.25) is 0 Å². The monoisotopic (exact) mass is 377 g/mol. The smallest absolute Gasteiger partial charge is 0.238 e. The van der Waals surface area contributed by atoms with Gasteiger partial charge in [0.1, 0.15) is 24.0 Å². The number of rotatable bonds is 4. The minimum absolute atomic E-state index is 0.0983. The van der Waals surface area contributed by atoms with Gasteiger partial charge in [0.05, 0.1) is 14.9 Å². The lowest BCUT2D eigenvalue weighted by Crippen LogP contribution is -2.12. The minimum atomic E-state index is -3.83. The van der Waals surface area contributed by atoms with Crippen LogP contribution < -0.4 is 9.88 Å². The maximum absolute atomic E-state index is 13.4. The van der Waals surface area contributed by atoms with Crippen molar-refractivity contribution < 1.29 is 21.9 Å². The van der Waals surface area contributed by atoms with Gasteiger partial charge in [0, 0.05) is 0 Å². The van der Waals surface area contributed by atoms with Gasteiger partial charge in [-0.2, -0.15) is 0 Å². The standard InChI is InChI=1S/C13H10BrF2NO3S/c14-10-6-8(21(17,18)19)4-5-13(10)20-7-9-11(15)2-1-3-12(9)16/h1-6H,7H2,(H2,17,18,19). The molecule has 0 atom stereocenters. The lowest BCUT2D eigenvalue weighted by molar-refractivity contribution is 0.290. The fourth-order valence-corrected chi connectivity index (χ4v) is 2.78. The SMILES string of the molecule is NS(=O)(=O)c1ccc(OCc2c(F)cccc2F)c(Br)c1. The molecule has 4 nitrogen and oxygen atoms in total. The number of halogens is 3. The van der Waals surface area contributed by atoms with Crippen molar-refractivity contribution in [3.8, 4) is 5.75 Å². The first kappa shape index (κ1) is 15.9. The largest absolute Gasteiger partial charge is 0.488 e. The third-order valence-electron chi connectivity index (χ3n) is 2.67. The van der Waals surface area contributed by atoms with Crippen molar-refractivity contribution in [3.63, 3.8) is 0 Å². The zero-order chi connectivity index (χ0) is 15.6. The first-order valence-electron chi connectivity index (χ1n) is 5.67. The summed E-state index contributed by atoms with van der Waals surface area (Å²) in [4.78, 5) is -0.0983. The van der Waals surface area contributed by atoms with Gasteiger partial charge in [0.15, 0.2) is 0 Å². The van der Waals surface area contributed by atoms with Crippen LogP contribution in [0, 0.1) is 11.6 Å². The Morgan fingerprint density at radius 1 is 1.14 bits per heavy atom. The highest BCUT2D eigenvalue weighted by molar-refractivity contribution is 9.10. The van der Waals surface area contributed by atoms with Gasteiger partial charge in [-0.3, -0.25) is 0 Å². The lowest BCUT2D eigenvalue weighted by atomic mass is 10.2. The topological polar surface area (TPSA) is 69.4 Å². The first-order valence-corrected chi connectivity index (χ1v) is 8.01. The van der Waals surface area contributed by atoms with E-state index in [9.17, 15) is 17.2 Å². The molecule has 21 heavy (non-hydrogen) atoms. The molecule has 0 aliphatic carbocycles. The summed E-state index contributed by atoms with van der Waals surface area (Å²) < 4.78 is 54.9. The fourth-order valence-electron chi connectivity index (χ4n) is 1.60. The molecule has 0 unspecified atom stereocenters. The number of primary sulfonamides is 1. The van der Waals surface area contributed by atoms with Crippen molar-refractivity contribution in [1.29, 1.82) is 0 Å². The Kier molecular flexibility index (Phi) is 4.60. The van der Waals surface area contributed by atoms with Crippen LogP contribution in [0.5, 0.6) is 5.75 Å². The molecule has 0 radical (unpaired) electrons. The molecule has 0 fully saturated rings. The highest BCUT2D eigenvalue weighted by atomic mass is 79.9. The van der Waals surface area contributed by atoms with Crippen LogP contribution >= 0.6 is 15.9 Å². The quantitative estimate of drug-likeness (QED) is 0.890. The van der Waals surface area contributed by atoms with Gasteiger partial charge >= 0.3 is 0 Å². The Morgan fingerprint density at radius 2 is 1.76 bits per heavy atom. The fraction of sp³-hybridized carbons (Fsp3) is 0.0769. The van der Waals surface area contributed by atoms with Gasteiger partial charge in [0.2, 0.25) is 10.0 Å². The van der Waals surface area contributed by atoms with Crippen LogP contribution in [0.4, 0.5) is 8.78 Å². The molecule has 0 amide bonds. The summed E-state index contributed by atoms with van der Waals surface area (Å²) in [6.07, 6.45) is 0. The van der Waals surface area contributed by atoms with Crippen molar-refractivity contribution in [3.05, 3.63) is 58.1 Å². The molecule has 2 N–H and O–H groups in total. The van der Waals surface area contributed by atoms with Crippen LogP contribution in [-0.4, -0.2) is 8.42 Å². The molecule has 112 valence electrons. The summed E-state index contributed by atoms with van der Waals surface area (Å²) in [7, 11) is -3.83. The first-order chi connectivity index (χ1) is 9.79. The molecular formula is C13H10BrF2NO3S. The maximum atomic E-state index is 13.4. The number of benzene rings is 2. The molecule has 8 heteroatoms. The molecule has 0 saturated heterocycles. The van der Waals surface area contributed by atoms with Crippen molar-refractivity contribution in [2.24, 2.45) is 5.14 Å². The summed E-state index contributed by atoms with van der Waals surface area (Å²) in [5.74, 6) is -1.19. The van der Waals surface area contributed by atoms with E-state index in [2.05, 4.69) is 15.9 Å². The Balaban J connectivity index is 2.22. The van der Waals surface area contributed by atoms with Crippen LogP contribution in [0.3, 0.4) is 0 Å². The second kappa shape index (κ2) is 6.08. The Morgan fingerprint density at radius 3 is 2.29 bits per heavy atom. The van der Waals surface area contributed by atoms with Gasteiger partial charge in [0.25, 0.3) is 0 Å². The molecule has 0 saturated carbocycles. The number of hydrogen-bond donors (Lipinski definition) is 1. The summed E-state index contributed by atoms with van der Waals surface area (Å²) in [6, 6.07) is 7.35. The molecule has 0 aromatic heterocycles. The average molecular weight is 378 g/mol. The van der Waals surface area contributed by atoms with E-state index < -0.39 is 21.7 Å². The highest BCUT2D eigenvalue weighted by Crippen LogP contribution is 2.28. The van der Waals surface area contributed by atoms with Crippen molar-refractivity contribution in [1.82, 2.24) is 0 Å². The van der Waals surface area contributed by atoms with E-state index in [-0.39, 0.29) is 22.8 Å². The molecule has 0 aliphatic heterocycles. The zero-order valence-corrected chi connectivity index (χ0v) is 12.9. The molecule has 0 heterocycles. The third kappa shape index (κ3) is 3.78. The second-order valence-corrected chi connectivity index (χ2v) is 6.54. The zero-order valence-electron chi connectivity index (χ0n) is 10.5. The third-order valence-corrected chi connectivity index (χ3v) is 4.20. The summed E-state index contributed by atoms with van der Waals surface area (Å²) >= 11 is 3.12. The maximum Gasteiger partial charge on any atom is 0.238 e. The van der Waals surface area contributed by atoms with E-state index in [1.807, 2.05) is 0 Å². The van der Waals surface area contributed by atoms with E-state index in [0.717, 1.165) is 12.1 Å². The average Bonchev–Trinajstić information content (AvgIpc) is 2.38. The van der Waals surface area contributed by atoms with Gasteiger partial charge in [-0.25, -0.2) is 22.3 Å². The normalized spacial score (nSPS) is 11.4. The second-order valence-electron chi connectivity index (χ2n) is 4.13. The van der Waals surface area contributed by atoms with Crippen molar-refractivity contribution in [2.75, 3.05) is 0 Å². The Labute approximate surface area is 128 Å². The van der Waals surface area contributed by atoms with E-state index in [1.54, 1.807) is 0 Å². The summed E-state index contributed by atoms with van der Waals surface area (Å²) in [6.45, 7) is -0.328. The van der Waals surface area contributed by atoms with Crippen LogP contribution in [0.15, 0.2) is 45.8 Å². The van der Waals surface area contributed by atoms with Crippen LogP contribution in [0.1, 0.15) is 5.56 Å². The van der Waals surface area contributed by atoms with E-state index in [4.69, 9.17) is 9.88 Å². The van der Waals surface area contributed by atoms with Crippen LogP contribution in [0.25, 0.3) is 0 Å². The predicted octanol–water partition coefficient (Wildman–Crippen LogP) is 2.95. The van der Waals surface area contributed by atoms with E-state index in [0.29, 0.717) is 4.47 Å². The molecule has 2 rings (SSSR count). The highest BCUT2D eigenvalue weighted by Gasteiger charge is 2.13. The Hall–Kier alpha value is -1.51. The van der Waals surface area contributed by atoms with Gasteiger partial charge < -0.3 is 4.74 Å². The van der Waals surface area contributed by atoms with Gasteiger partial charge in [-0.15, -0.1) is 0 Å². The number of nitrogens with two attached hydrogens (primary N) is 1. The predicted molar refractivity (Wildman–Crippen MR) is 76.2 cm³/mol. The van der Waals surface area contributed by atoms with Gasteiger partial charge in [-0.05, 0) is 46.3 Å². The van der Waals surface area contributed by atoms with E-state index in [1.165, 1.54) is 24.3 Å². The number of sulfonamides is 1. The molecule has 0 spiro atoms. The Bertz CT molecular complexity index is 761. The molecule has 0 aliphatic rings. The van der Waals surface area contributed by atoms with Crippen molar-refractivity contribution in [2.45, 2.75) is 11.5 Å². The van der Waals surface area contributed by atoms with Gasteiger partial charge in [-0.1, -0.05) is 6.07 Å². The summed E-state index contributed by atoms with van der Waals surface area (Å²) in [5.41, 5.74) is -0.208. The number of hydrogen-bond acceptors (Lipinski definition) is 3. The minimum Gasteiger partial charge on any atom is -0.488 e. The molecular weight excluding hydrogens is 368 g/mol. The molecule has 2 aromatic carbocycles. The number of ether oxygens (including phenoxy) is 1. The lowest BCUT2D eigenvalue weighted by Gasteiger charge is -2.10. The van der Waals surface area contributed by atoms with Crippen LogP contribution in [-0.2, 0) is 16.6 Å². The summed E-state index contributed by atoms with van der Waals surface area (Å²) in [5, 5.41) is 4.99. The van der Waals surface area contributed by atoms with E-state index >= 15 is 0 Å². The van der Waals surface area contributed by atoms with Crippen molar-refractivity contribution >= 4 is 26.0 Å². The molecule has 2 aromatic rings. The molecule has 0 bridgehead atoms.